The lowest BCUT2D eigenvalue weighted by atomic mass is 9.90. The van der Waals surface area contributed by atoms with E-state index in [1.807, 2.05) is 0 Å². The smallest absolute Gasteiger partial charge is 0.475 e. The molecule has 0 bridgehead atoms. The van der Waals surface area contributed by atoms with E-state index in [4.69, 9.17) is 14.2 Å². The number of ether oxygens (including phenoxy) is 3. The lowest BCUT2D eigenvalue weighted by molar-refractivity contribution is -0.954. The van der Waals surface area contributed by atoms with Crippen molar-refractivity contribution in [3.05, 3.63) is 11.8 Å². The molecule has 0 N–H and O–H groups in total. The fraction of sp³-hybridized carbons (Fsp3) is 0.833. The molecule has 8 heteroatoms. The Bertz CT molecular complexity index is 836. The third-order valence-electron chi connectivity index (χ3n) is 7.29. The molecular weight excluding hydrogens is 498 g/mol. The highest BCUT2D eigenvalue weighted by molar-refractivity contribution is 6.99. The number of carbonyl (C=O) groups excluding carboxylic acids is 1. The van der Waals surface area contributed by atoms with Gasteiger partial charge in [-0.15, -0.1) is 4.37 Å². The molecule has 0 saturated heterocycles. The first kappa shape index (κ1) is 32.5. The fourth-order valence-corrected chi connectivity index (χ4v) is 5.89. The van der Waals surface area contributed by atoms with Gasteiger partial charge >= 0.3 is 6.16 Å². The van der Waals surface area contributed by atoms with Gasteiger partial charge in [0.15, 0.2) is 0 Å². The van der Waals surface area contributed by atoms with E-state index in [1.165, 1.54) is 69.5 Å². The predicted octanol–water partition coefficient (Wildman–Crippen LogP) is 8.40. The Kier molecular flexibility index (Phi) is 14.7. The van der Waals surface area contributed by atoms with E-state index in [0.717, 1.165) is 43.5 Å². The number of aromatic nitrogens is 2. The normalized spacial score (nSPS) is 18.6. The zero-order chi connectivity index (χ0) is 27.9. The highest BCUT2D eigenvalue weighted by atomic mass is 32.1. The lowest BCUT2D eigenvalue weighted by Gasteiger charge is -2.47. The largest absolute Gasteiger partial charge is 0.512 e. The first-order valence-electron chi connectivity index (χ1n) is 15.0. The molecule has 1 aliphatic heterocycles. The van der Waals surface area contributed by atoms with Crippen molar-refractivity contribution in [2.24, 2.45) is 5.41 Å². The Hall–Kier alpha value is -1.67. The first-order valence-corrected chi connectivity index (χ1v) is 15.8. The molecule has 7 nitrogen and oxygen atoms in total. The number of hydrogen-bond acceptors (Lipinski definition) is 7. The predicted molar refractivity (Wildman–Crippen MR) is 156 cm³/mol. The van der Waals surface area contributed by atoms with Gasteiger partial charge in [0.2, 0.25) is 6.23 Å². The number of unbranched alkanes of at least 4 members (excludes halogenated alkanes) is 10. The minimum Gasteiger partial charge on any atom is -0.475 e. The molecule has 2 rings (SSSR count). The molecule has 0 aliphatic carbocycles. The quantitative estimate of drug-likeness (QED) is 0.103. The molecule has 0 amide bonds. The molecule has 0 fully saturated rings. The maximum atomic E-state index is 12.7. The standard InChI is InChI=1S/C30H54N3O4S/c1-7-9-11-13-14-15-16-18-23-36-29(34)37-28(30(3,4)5)33(6)21-19-20-25(24-33)26-27(32-38-31-26)35-22-17-12-10-8-2/h20,28H,7-19,21-24H2,1-6H3/q+1. The van der Waals surface area contributed by atoms with Crippen LogP contribution in [-0.4, -0.2) is 59.0 Å². The van der Waals surface area contributed by atoms with E-state index < -0.39 is 6.16 Å². The molecule has 2 atom stereocenters. The Morgan fingerprint density at radius 2 is 1.55 bits per heavy atom. The molecule has 0 saturated carbocycles. The first-order chi connectivity index (χ1) is 18.2. The third-order valence-corrected chi connectivity index (χ3v) is 7.81. The van der Waals surface area contributed by atoms with Crippen LogP contribution in [-0.2, 0) is 9.47 Å². The summed E-state index contributed by atoms with van der Waals surface area (Å²) in [6.07, 6.45) is 16.5. The van der Waals surface area contributed by atoms with E-state index >= 15 is 0 Å². The molecule has 1 aromatic heterocycles. The van der Waals surface area contributed by atoms with Gasteiger partial charge in [-0.2, -0.15) is 4.37 Å². The zero-order valence-electron chi connectivity index (χ0n) is 25.1. The van der Waals surface area contributed by atoms with E-state index in [9.17, 15) is 4.79 Å². The van der Waals surface area contributed by atoms with Crippen molar-refractivity contribution in [2.75, 3.05) is 33.4 Å². The number of hydrogen-bond donors (Lipinski definition) is 0. The summed E-state index contributed by atoms with van der Waals surface area (Å²) in [5, 5.41) is 0. The second-order valence-corrected chi connectivity index (χ2v) is 12.6. The Morgan fingerprint density at radius 3 is 2.21 bits per heavy atom. The maximum Gasteiger partial charge on any atom is 0.512 e. The van der Waals surface area contributed by atoms with Crippen LogP contribution in [0.5, 0.6) is 5.88 Å². The Labute approximate surface area is 236 Å². The van der Waals surface area contributed by atoms with Crippen molar-refractivity contribution in [1.29, 1.82) is 0 Å². The van der Waals surface area contributed by atoms with Crippen LogP contribution in [0.4, 0.5) is 4.79 Å². The van der Waals surface area contributed by atoms with E-state index in [-0.39, 0.29) is 11.6 Å². The summed E-state index contributed by atoms with van der Waals surface area (Å²) in [4.78, 5) is 12.7. The number of likely N-dealkylation sites (N-methyl/N-ethyl adjacent to an activating group) is 1. The van der Waals surface area contributed by atoms with Gasteiger partial charge in [-0.1, -0.05) is 105 Å². The Morgan fingerprint density at radius 1 is 0.947 bits per heavy atom. The van der Waals surface area contributed by atoms with Gasteiger partial charge in [0.05, 0.1) is 43.9 Å². The molecule has 1 aliphatic rings. The molecule has 2 unspecified atom stereocenters. The molecule has 2 heterocycles. The van der Waals surface area contributed by atoms with Crippen LogP contribution in [0.3, 0.4) is 0 Å². The van der Waals surface area contributed by atoms with Crippen LogP contribution in [0.2, 0.25) is 0 Å². The topological polar surface area (TPSA) is 70.5 Å². The van der Waals surface area contributed by atoms with E-state index in [0.29, 0.717) is 30.1 Å². The third kappa shape index (κ3) is 11.2. The Balaban J connectivity index is 1.90. The number of quaternary nitrogens is 1. The number of nitrogens with zero attached hydrogens (tertiary/aromatic N) is 3. The van der Waals surface area contributed by atoms with Crippen LogP contribution < -0.4 is 4.74 Å². The van der Waals surface area contributed by atoms with Gasteiger partial charge < -0.3 is 14.2 Å². The average Bonchev–Trinajstić information content (AvgIpc) is 3.34. The van der Waals surface area contributed by atoms with Crippen molar-refractivity contribution >= 4 is 23.5 Å². The minimum atomic E-state index is -0.560. The van der Waals surface area contributed by atoms with Crippen LogP contribution in [0.15, 0.2) is 6.08 Å². The van der Waals surface area contributed by atoms with Crippen LogP contribution in [0.25, 0.3) is 5.57 Å². The van der Waals surface area contributed by atoms with Gasteiger partial charge in [0.25, 0.3) is 5.88 Å². The summed E-state index contributed by atoms with van der Waals surface area (Å²) in [6.45, 7) is 13.5. The molecular formula is C30H54N3O4S+. The zero-order valence-corrected chi connectivity index (χ0v) is 25.9. The summed E-state index contributed by atoms with van der Waals surface area (Å²) in [5.41, 5.74) is 1.69. The van der Waals surface area contributed by atoms with Crippen molar-refractivity contribution in [3.63, 3.8) is 0 Å². The molecule has 38 heavy (non-hydrogen) atoms. The minimum absolute atomic E-state index is 0.256. The highest BCUT2D eigenvalue weighted by Crippen LogP contribution is 2.37. The van der Waals surface area contributed by atoms with E-state index in [1.54, 1.807) is 0 Å². The average molecular weight is 553 g/mol. The summed E-state index contributed by atoms with van der Waals surface area (Å²) in [6, 6.07) is 0. The lowest BCUT2D eigenvalue weighted by Crippen LogP contribution is -2.61. The summed E-state index contributed by atoms with van der Waals surface area (Å²) < 4.78 is 27.2. The molecule has 218 valence electrons. The number of carbonyl (C=O) groups is 1. The van der Waals surface area contributed by atoms with Gasteiger partial charge in [0.1, 0.15) is 12.2 Å². The van der Waals surface area contributed by atoms with Crippen LogP contribution in [0, 0.1) is 5.41 Å². The van der Waals surface area contributed by atoms with Gasteiger partial charge in [0, 0.05) is 12.0 Å². The van der Waals surface area contributed by atoms with Crippen LogP contribution in [0.1, 0.15) is 124 Å². The summed E-state index contributed by atoms with van der Waals surface area (Å²) in [5.74, 6) is 0.629. The fourth-order valence-electron chi connectivity index (χ4n) is 5.36. The van der Waals surface area contributed by atoms with Crippen molar-refractivity contribution < 1.29 is 23.5 Å². The van der Waals surface area contributed by atoms with Crippen molar-refractivity contribution in [2.45, 2.75) is 124 Å². The number of rotatable bonds is 18. The highest BCUT2D eigenvalue weighted by Gasteiger charge is 2.46. The van der Waals surface area contributed by atoms with Gasteiger partial charge in [-0.25, -0.2) is 4.79 Å². The molecule has 0 aromatic carbocycles. The molecule has 0 spiro atoms. The van der Waals surface area contributed by atoms with E-state index in [2.05, 4.69) is 56.5 Å². The summed E-state index contributed by atoms with van der Waals surface area (Å²) >= 11 is 1.19. The van der Waals surface area contributed by atoms with Gasteiger partial charge in [-0.3, -0.25) is 4.48 Å². The second kappa shape index (κ2) is 17.1. The second-order valence-electron chi connectivity index (χ2n) is 12.1. The summed E-state index contributed by atoms with van der Waals surface area (Å²) in [7, 11) is 2.17. The van der Waals surface area contributed by atoms with Crippen LogP contribution >= 0.6 is 11.7 Å². The molecule has 0 radical (unpaired) electrons. The molecule has 1 aromatic rings. The van der Waals surface area contributed by atoms with Crippen molar-refractivity contribution in [3.8, 4) is 5.88 Å². The SMILES string of the molecule is CCCCCCCCCCOC(=O)OC(C(C)(C)C)[N+]1(C)CCC=C(c2nsnc2OCCCCCC)C1. The maximum absolute atomic E-state index is 12.7. The van der Waals surface area contributed by atoms with Gasteiger partial charge in [-0.05, 0) is 12.8 Å². The van der Waals surface area contributed by atoms with Crippen molar-refractivity contribution in [1.82, 2.24) is 8.75 Å². The monoisotopic (exact) mass is 552 g/mol.